The van der Waals surface area contributed by atoms with Gasteiger partial charge in [-0.15, -0.1) is 0 Å². The average Bonchev–Trinajstić information content (AvgIpc) is 3.46. The van der Waals surface area contributed by atoms with Crippen LogP contribution in [-0.4, -0.2) is 4.57 Å². The lowest BCUT2D eigenvalue weighted by Gasteiger charge is -2.36. The lowest BCUT2D eigenvalue weighted by Crippen LogP contribution is -2.26. The van der Waals surface area contributed by atoms with Gasteiger partial charge in [-0.2, -0.15) is 0 Å². The minimum Gasteiger partial charge on any atom is -0.310 e. The molecule has 2 heterocycles. The lowest BCUT2D eigenvalue weighted by atomic mass is 9.74. The van der Waals surface area contributed by atoms with Crippen LogP contribution in [0.3, 0.4) is 0 Å². The van der Waals surface area contributed by atoms with Crippen molar-refractivity contribution in [2.45, 2.75) is 19.3 Å². The highest BCUT2D eigenvalue weighted by Gasteiger charge is 2.36. The average molecular weight is 618 g/mol. The number of aromatic nitrogens is 1. The summed E-state index contributed by atoms with van der Waals surface area (Å²) in [5, 5.41) is 2.48. The molecule has 1 aliphatic heterocycles. The highest BCUT2D eigenvalue weighted by molar-refractivity contribution is 6.14. The molecule has 0 bridgehead atoms. The maximum atomic E-state index is 2.50. The van der Waals surface area contributed by atoms with E-state index in [-0.39, 0.29) is 5.41 Å². The highest BCUT2D eigenvalue weighted by Crippen LogP contribution is 2.51. The minimum atomic E-state index is -0.211. The Bertz CT molecular complexity index is 2330. The first-order valence-corrected chi connectivity index (χ1v) is 16.6. The zero-order valence-electron chi connectivity index (χ0n) is 27.1. The summed E-state index contributed by atoms with van der Waals surface area (Å²) in [4.78, 5) is 4.74. The zero-order valence-corrected chi connectivity index (χ0v) is 27.1. The van der Waals surface area contributed by atoms with Crippen LogP contribution >= 0.6 is 0 Å². The molecule has 0 atom stereocenters. The third kappa shape index (κ3) is 4.35. The molecular formula is C45H35N3. The molecule has 8 aromatic rings. The number of para-hydroxylation sites is 5. The van der Waals surface area contributed by atoms with Gasteiger partial charge in [-0.1, -0.05) is 105 Å². The minimum absolute atomic E-state index is 0.211. The van der Waals surface area contributed by atoms with Crippen molar-refractivity contribution in [3.05, 3.63) is 187 Å². The Morgan fingerprint density at radius 3 is 1.40 bits per heavy atom. The summed E-state index contributed by atoms with van der Waals surface area (Å²) >= 11 is 0. The third-order valence-corrected chi connectivity index (χ3v) is 9.90. The van der Waals surface area contributed by atoms with E-state index in [1.165, 1.54) is 38.6 Å². The normalized spacial score (nSPS) is 13.0. The van der Waals surface area contributed by atoms with Gasteiger partial charge in [-0.3, -0.25) is 0 Å². The molecule has 48 heavy (non-hydrogen) atoms. The van der Waals surface area contributed by atoms with Crippen LogP contribution in [0.15, 0.2) is 176 Å². The van der Waals surface area contributed by atoms with Crippen molar-refractivity contribution >= 4 is 55.9 Å². The fourth-order valence-corrected chi connectivity index (χ4v) is 7.66. The first kappa shape index (κ1) is 28.2. The van der Waals surface area contributed by atoms with Crippen LogP contribution in [0.5, 0.6) is 0 Å². The van der Waals surface area contributed by atoms with Gasteiger partial charge in [-0.05, 0) is 96.1 Å². The molecular weight excluding hydrogens is 583 g/mol. The Labute approximate surface area is 281 Å². The molecule has 3 nitrogen and oxygen atoms in total. The highest BCUT2D eigenvalue weighted by atomic mass is 15.2. The molecule has 0 fully saturated rings. The van der Waals surface area contributed by atoms with Gasteiger partial charge in [0.15, 0.2) is 0 Å². The smallest absolute Gasteiger partial charge is 0.0583 e. The Morgan fingerprint density at radius 2 is 0.854 bits per heavy atom. The van der Waals surface area contributed by atoms with Gasteiger partial charge in [0.25, 0.3) is 0 Å². The van der Waals surface area contributed by atoms with E-state index in [2.05, 4.69) is 204 Å². The Balaban J connectivity index is 1.38. The van der Waals surface area contributed by atoms with E-state index in [1.54, 1.807) is 0 Å². The van der Waals surface area contributed by atoms with Crippen LogP contribution in [0.2, 0.25) is 0 Å². The van der Waals surface area contributed by atoms with Gasteiger partial charge in [0.1, 0.15) is 0 Å². The molecule has 1 aromatic heterocycles. The van der Waals surface area contributed by atoms with Gasteiger partial charge >= 0.3 is 0 Å². The van der Waals surface area contributed by atoms with Crippen molar-refractivity contribution in [2.24, 2.45) is 0 Å². The number of fused-ring (bicyclic) bond motifs is 5. The summed E-state index contributed by atoms with van der Waals surface area (Å²) in [7, 11) is 0. The Kier molecular flexibility index (Phi) is 6.48. The van der Waals surface area contributed by atoms with E-state index >= 15 is 0 Å². The van der Waals surface area contributed by atoms with Gasteiger partial charge in [0.2, 0.25) is 0 Å². The molecule has 3 heteroatoms. The van der Waals surface area contributed by atoms with Gasteiger partial charge < -0.3 is 14.4 Å². The zero-order chi connectivity index (χ0) is 32.2. The molecule has 0 aliphatic carbocycles. The summed E-state index contributed by atoms with van der Waals surface area (Å²) in [6.45, 7) is 4.75. The van der Waals surface area contributed by atoms with E-state index in [0.29, 0.717) is 0 Å². The van der Waals surface area contributed by atoms with Crippen molar-refractivity contribution in [1.82, 2.24) is 4.57 Å². The molecule has 230 valence electrons. The van der Waals surface area contributed by atoms with Crippen molar-refractivity contribution in [2.75, 3.05) is 9.80 Å². The number of anilines is 6. The van der Waals surface area contributed by atoms with Crippen LogP contribution in [0.4, 0.5) is 34.1 Å². The van der Waals surface area contributed by atoms with E-state index in [1.807, 2.05) is 0 Å². The fourth-order valence-electron chi connectivity index (χ4n) is 7.66. The van der Waals surface area contributed by atoms with Crippen LogP contribution < -0.4 is 9.80 Å². The van der Waals surface area contributed by atoms with E-state index in [9.17, 15) is 0 Å². The summed E-state index contributed by atoms with van der Waals surface area (Å²) in [6.07, 6.45) is 0. The number of benzene rings is 7. The molecule has 0 N–H and O–H groups in total. The van der Waals surface area contributed by atoms with E-state index in [0.717, 1.165) is 34.1 Å². The first-order chi connectivity index (χ1) is 23.6. The van der Waals surface area contributed by atoms with Gasteiger partial charge in [-0.25, -0.2) is 0 Å². The Hall–Kier alpha value is -6.06. The van der Waals surface area contributed by atoms with E-state index in [4.69, 9.17) is 0 Å². The van der Waals surface area contributed by atoms with Crippen molar-refractivity contribution in [3.8, 4) is 5.69 Å². The summed E-state index contributed by atoms with van der Waals surface area (Å²) in [5.74, 6) is 0. The van der Waals surface area contributed by atoms with Gasteiger partial charge in [0, 0.05) is 50.3 Å². The molecule has 0 saturated heterocycles. The van der Waals surface area contributed by atoms with Crippen molar-refractivity contribution < 1.29 is 0 Å². The molecule has 0 saturated carbocycles. The van der Waals surface area contributed by atoms with Crippen molar-refractivity contribution in [3.63, 3.8) is 0 Å². The predicted octanol–water partition coefficient (Wildman–Crippen LogP) is 12.4. The summed E-state index contributed by atoms with van der Waals surface area (Å²) in [5.41, 5.74) is 13.0. The van der Waals surface area contributed by atoms with Crippen molar-refractivity contribution in [1.29, 1.82) is 0 Å². The topological polar surface area (TPSA) is 11.4 Å². The van der Waals surface area contributed by atoms with E-state index < -0.39 is 0 Å². The molecule has 1 aliphatic rings. The third-order valence-electron chi connectivity index (χ3n) is 9.90. The molecule has 9 rings (SSSR count). The standard InChI is InChI=1S/C45H35N3/c1-45(2)40-25-15-16-26-43(40)48-42-28-27-36(46(32-17-7-3-8-18-32)33-19-9-4-10-20-33)29-38(42)39-30-37(31-41(45)44(39)48)47(34-21-11-5-12-22-34)35-23-13-6-14-24-35/h3-31H,1-2H3. The molecule has 0 spiro atoms. The molecule has 0 amide bonds. The van der Waals surface area contributed by atoms with Crippen LogP contribution in [0.25, 0.3) is 27.5 Å². The predicted molar refractivity (Wildman–Crippen MR) is 202 cm³/mol. The quantitative estimate of drug-likeness (QED) is 0.184. The second kappa shape index (κ2) is 11.0. The number of hydrogen-bond donors (Lipinski definition) is 0. The van der Waals surface area contributed by atoms with Gasteiger partial charge in [0.05, 0.1) is 16.7 Å². The maximum Gasteiger partial charge on any atom is 0.0583 e. The summed E-state index contributed by atoms with van der Waals surface area (Å²) in [6, 6.07) is 63.5. The second-order valence-electron chi connectivity index (χ2n) is 13.1. The number of hydrogen-bond acceptors (Lipinski definition) is 2. The molecule has 0 unspecified atom stereocenters. The fraction of sp³-hybridized carbons (Fsp3) is 0.0667. The Morgan fingerprint density at radius 1 is 0.396 bits per heavy atom. The first-order valence-electron chi connectivity index (χ1n) is 16.6. The largest absolute Gasteiger partial charge is 0.310 e. The SMILES string of the molecule is CC1(C)c2ccccc2-n2c3ccc(N(c4ccccc4)c4ccccc4)cc3c3cc(N(c4ccccc4)c4ccccc4)cc1c32. The van der Waals surface area contributed by atoms with Crippen LogP contribution in [0, 0.1) is 0 Å². The molecule has 7 aromatic carbocycles. The lowest BCUT2D eigenvalue weighted by molar-refractivity contribution is 0.630. The second-order valence-corrected chi connectivity index (χ2v) is 13.1. The maximum absolute atomic E-state index is 2.50. The number of rotatable bonds is 6. The summed E-state index contributed by atoms with van der Waals surface area (Å²) < 4.78 is 2.50. The monoisotopic (exact) mass is 617 g/mol. The van der Waals surface area contributed by atoms with Crippen LogP contribution in [0.1, 0.15) is 25.0 Å². The molecule has 0 radical (unpaired) electrons. The van der Waals surface area contributed by atoms with Crippen LogP contribution in [-0.2, 0) is 5.41 Å². The number of nitrogens with zero attached hydrogens (tertiary/aromatic N) is 3.